The molecule has 1 aromatic heterocycles. The average Bonchev–Trinajstić information content (AvgIpc) is 3.26. The van der Waals surface area contributed by atoms with Crippen LogP contribution >= 0.6 is 11.3 Å². The summed E-state index contributed by atoms with van der Waals surface area (Å²) < 4.78 is 15.7. The normalized spacial score (nSPS) is 10.3. The Morgan fingerprint density at radius 3 is 2.55 bits per heavy atom. The van der Waals surface area contributed by atoms with Crippen LogP contribution < -0.4 is 14.8 Å². The van der Waals surface area contributed by atoms with Crippen LogP contribution in [0.15, 0.2) is 53.9 Å². The molecular formula is C22H20N2O6S. The Bertz CT molecular complexity index is 1080. The first kappa shape index (κ1) is 22.0. The van der Waals surface area contributed by atoms with E-state index in [0.717, 1.165) is 5.56 Å². The second kappa shape index (κ2) is 10.4. The van der Waals surface area contributed by atoms with Gasteiger partial charge in [-0.2, -0.15) is 0 Å². The Hall–Kier alpha value is -3.72. The van der Waals surface area contributed by atoms with E-state index in [1.165, 1.54) is 29.9 Å². The SMILES string of the molecule is COc1ccccc1C(=O)NC(=O)COC(=O)c1csc(COc2ccc(C)cc2)n1. The number of aromatic nitrogens is 1. The number of nitrogens with zero attached hydrogens (tertiary/aromatic N) is 1. The number of thiazole rings is 1. The van der Waals surface area contributed by atoms with Crippen molar-refractivity contribution >= 4 is 29.1 Å². The maximum absolute atomic E-state index is 12.2. The summed E-state index contributed by atoms with van der Waals surface area (Å²) in [5.41, 5.74) is 1.39. The molecule has 9 heteroatoms. The highest BCUT2D eigenvalue weighted by Crippen LogP contribution is 2.18. The highest BCUT2D eigenvalue weighted by molar-refractivity contribution is 7.09. The first-order valence-electron chi connectivity index (χ1n) is 9.24. The van der Waals surface area contributed by atoms with E-state index in [2.05, 4.69) is 10.3 Å². The lowest BCUT2D eigenvalue weighted by atomic mass is 10.2. The molecule has 0 aliphatic carbocycles. The minimum absolute atomic E-state index is 0.0661. The zero-order chi connectivity index (χ0) is 22.2. The van der Waals surface area contributed by atoms with E-state index in [-0.39, 0.29) is 17.9 Å². The molecule has 2 aromatic carbocycles. The quantitative estimate of drug-likeness (QED) is 0.537. The Balaban J connectivity index is 1.47. The van der Waals surface area contributed by atoms with Crippen LogP contribution in [0.1, 0.15) is 31.4 Å². The van der Waals surface area contributed by atoms with E-state index < -0.39 is 24.4 Å². The van der Waals surface area contributed by atoms with Gasteiger partial charge in [0.05, 0.1) is 12.7 Å². The standard InChI is InChI=1S/C22H20N2O6S/c1-14-7-9-15(10-8-14)29-12-20-23-17(13-31-20)22(27)30-11-19(25)24-21(26)16-5-3-4-6-18(16)28-2/h3-10,13H,11-12H2,1-2H3,(H,24,25,26). The van der Waals surface area contributed by atoms with Crippen LogP contribution in [-0.4, -0.2) is 36.5 Å². The minimum Gasteiger partial charge on any atom is -0.496 e. The Labute approximate surface area is 182 Å². The number of hydrogen-bond donors (Lipinski definition) is 1. The van der Waals surface area contributed by atoms with Crippen molar-refractivity contribution < 1.29 is 28.6 Å². The maximum atomic E-state index is 12.2. The predicted molar refractivity (Wildman–Crippen MR) is 113 cm³/mol. The number of hydrogen-bond acceptors (Lipinski definition) is 8. The predicted octanol–water partition coefficient (Wildman–Crippen LogP) is 3.15. The van der Waals surface area contributed by atoms with Crippen molar-refractivity contribution in [1.29, 1.82) is 0 Å². The number of carbonyl (C=O) groups excluding carboxylic acids is 3. The van der Waals surface area contributed by atoms with E-state index in [9.17, 15) is 14.4 Å². The fourth-order valence-corrected chi connectivity index (χ4v) is 3.19. The van der Waals surface area contributed by atoms with E-state index in [1.807, 2.05) is 31.2 Å². The Kier molecular flexibility index (Phi) is 7.34. The third-order valence-corrected chi connectivity index (χ3v) is 4.91. The zero-order valence-electron chi connectivity index (χ0n) is 16.9. The third kappa shape index (κ3) is 6.13. The molecule has 3 rings (SSSR count). The number of benzene rings is 2. The molecule has 0 bridgehead atoms. The van der Waals surface area contributed by atoms with Gasteiger partial charge in [-0.15, -0.1) is 11.3 Å². The van der Waals surface area contributed by atoms with Crippen molar-refractivity contribution in [2.24, 2.45) is 0 Å². The van der Waals surface area contributed by atoms with Crippen LogP contribution in [0.25, 0.3) is 0 Å². The molecular weight excluding hydrogens is 420 g/mol. The summed E-state index contributed by atoms with van der Waals surface area (Å²) in [6.45, 7) is 1.57. The van der Waals surface area contributed by atoms with Gasteiger partial charge < -0.3 is 14.2 Å². The number of methoxy groups -OCH3 is 1. The molecule has 0 spiro atoms. The van der Waals surface area contributed by atoms with Crippen molar-refractivity contribution in [2.75, 3.05) is 13.7 Å². The molecule has 0 radical (unpaired) electrons. The van der Waals surface area contributed by atoms with Crippen LogP contribution in [0.2, 0.25) is 0 Å². The van der Waals surface area contributed by atoms with Crippen molar-refractivity contribution in [3.63, 3.8) is 0 Å². The molecule has 0 atom stereocenters. The summed E-state index contributed by atoms with van der Waals surface area (Å²) >= 11 is 1.24. The van der Waals surface area contributed by atoms with Crippen LogP contribution in [0, 0.1) is 6.92 Å². The van der Waals surface area contributed by atoms with E-state index in [4.69, 9.17) is 14.2 Å². The van der Waals surface area contributed by atoms with Gasteiger partial charge in [0, 0.05) is 5.38 Å². The second-order valence-electron chi connectivity index (χ2n) is 6.38. The lowest BCUT2D eigenvalue weighted by Gasteiger charge is -2.08. The van der Waals surface area contributed by atoms with Crippen molar-refractivity contribution in [3.8, 4) is 11.5 Å². The topological polar surface area (TPSA) is 104 Å². The fourth-order valence-electron chi connectivity index (χ4n) is 2.52. The highest BCUT2D eigenvalue weighted by atomic mass is 32.1. The minimum atomic E-state index is -0.766. The third-order valence-electron chi connectivity index (χ3n) is 4.08. The number of rotatable bonds is 8. The van der Waals surface area contributed by atoms with Crippen LogP contribution in [0.5, 0.6) is 11.5 Å². The molecule has 0 fully saturated rings. The maximum Gasteiger partial charge on any atom is 0.358 e. The summed E-state index contributed by atoms with van der Waals surface area (Å²) in [4.78, 5) is 40.4. The number of amides is 2. The number of nitrogens with one attached hydrogen (secondary N) is 1. The first-order chi connectivity index (χ1) is 15.0. The number of aryl methyl sites for hydroxylation is 1. The second-order valence-corrected chi connectivity index (χ2v) is 7.32. The van der Waals surface area contributed by atoms with Crippen molar-refractivity contribution in [2.45, 2.75) is 13.5 Å². The van der Waals surface area contributed by atoms with Gasteiger partial charge in [0.2, 0.25) is 0 Å². The Morgan fingerprint density at radius 1 is 1.06 bits per heavy atom. The van der Waals surface area contributed by atoms with Crippen molar-refractivity contribution in [1.82, 2.24) is 10.3 Å². The molecule has 2 amide bonds. The molecule has 31 heavy (non-hydrogen) atoms. The number of imide groups is 1. The first-order valence-corrected chi connectivity index (χ1v) is 10.1. The van der Waals surface area contributed by atoms with Gasteiger partial charge >= 0.3 is 5.97 Å². The van der Waals surface area contributed by atoms with Gasteiger partial charge in [-0.25, -0.2) is 9.78 Å². The molecule has 0 saturated heterocycles. The van der Waals surface area contributed by atoms with Gasteiger partial charge in [-0.1, -0.05) is 29.8 Å². The molecule has 0 unspecified atom stereocenters. The lowest BCUT2D eigenvalue weighted by molar-refractivity contribution is -0.123. The van der Waals surface area contributed by atoms with E-state index in [0.29, 0.717) is 16.5 Å². The number of para-hydroxylation sites is 1. The van der Waals surface area contributed by atoms with Crippen LogP contribution in [0.3, 0.4) is 0 Å². The number of ether oxygens (including phenoxy) is 3. The number of carbonyl (C=O) groups is 3. The summed E-state index contributed by atoms with van der Waals surface area (Å²) in [6.07, 6.45) is 0. The molecule has 0 aliphatic rings. The molecule has 0 aliphatic heterocycles. The Morgan fingerprint density at radius 2 is 1.81 bits per heavy atom. The van der Waals surface area contributed by atoms with Gasteiger partial charge in [-0.05, 0) is 31.2 Å². The molecule has 8 nitrogen and oxygen atoms in total. The molecule has 3 aromatic rings. The zero-order valence-corrected chi connectivity index (χ0v) is 17.7. The van der Waals surface area contributed by atoms with Crippen LogP contribution in [0.4, 0.5) is 0 Å². The van der Waals surface area contributed by atoms with Crippen LogP contribution in [-0.2, 0) is 16.1 Å². The number of esters is 1. The monoisotopic (exact) mass is 440 g/mol. The summed E-state index contributed by atoms with van der Waals surface area (Å²) in [7, 11) is 1.42. The van der Waals surface area contributed by atoms with E-state index in [1.54, 1.807) is 18.2 Å². The highest BCUT2D eigenvalue weighted by Gasteiger charge is 2.18. The van der Waals surface area contributed by atoms with Gasteiger partial charge in [0.25, 0.3) is 11.8 Å². The largest absolute Gasteiger partial charge is 0.496 e. The fraction of sp³-hybridized carbons (Fsp3) is 0.182. The summed E-state index contributed by atoms with van der Waals surface area (Å²) in [6, 6.07) is 14.0. The van der Waals surface area contributed by atoms with Gasteiger partial charge in [0.1, 0.15) is 23.1 Å². The molecule has 1 heterocycles. The smallest absolute Gasteiger partial charge is 0.358 e. The van der Waals surface area contributed by atoms with E-state index >= 15 is 0 Å². The van der Waals surface area contributed by atoms with Crippen molar-refractivity contribution in [3.05, 3.63) is 75.7 Å². The van der Waals surface area contributed by atoms with Gasteiger partial charge in [-0.3, -0.25) is 14.9 Å². The summed E-state index contributed by atoms with van der Waals surface area (Å²) in [5, 5.41) is 4.26. The lowest BCUT2D eigenvalue weighted by Crippen LogP contribution is -2.34. The molecule has 0 saturated carbocycles. The summed E-state index contributed by atoms with van der Waals surface area (Å²) in [5.74, 6) is -1.16. The molecule has 160 valence electrons. The van der Waals surface area contributed by atoms with Gasteiger partial charge in [0.15, 0.2) is 12.3 Å². The molecule has 1 N–H and O–H groups in total. The average molecular weight is 440 g/mol.